The summed E-state index contributed by atoms with van der Waals surface area (Å²) in [5, 5.41) is 3.11. The molecule has 0 bridgehead atoms. The quantitative estimate of drug-likeness (QED) is 0.371. The van der Waals surface area contributed by atoms with Gasteiger partial charge in [-0.15, -0.1) is 0 Å². The van der Waals surface area contributed by atoms with Crippen LogP contribution in [0.1, 0.15) is 81.1 Å². The Balaban J connectivity index is 3.12. The number of esters is 1. The first-order chi connectivity index (χ1) is 15.5. The van der Waals surface area contributed by atoms with E-state index in [9.17, 15) is 14.4 Å². The highest BCUT2D eigenvalue weighted by Gasteiger charge is 2.36. The fraction of sp³-hybridized carbons (Fsp3) is 0.808. The Labute approximate surface area is 201 Å². The van der Waals surface area contributed by atoms with Crippen molar-refractivity contribution in [2.24, 2.45) is 11.8 Å². The lowest BCUT2D eigenvalue weighted by molar-refractivity contribution is -0.140. The van der Waals surface area contributed by atoms with Gasteiger partial charge in [0.25, 0.3) is 0 Å². The molecule has 1 unspecified atom stereocenters. The third kappa shape index (κ3) is 8.13. The van der Waals surface area contributed by atoms with Crippen LogP contribution in [0, 0.1) is 11.8 Å². The average molecular weight is 466 g/mol. The predicted octanol–water partition coefficient (Wildman–Crippen LogP) is 3.77. The summed E-state index contributed by atoms with van der Waals surface area (Å²) in [5.74, 6) is -0.484. The van der Waals surface area contributed by atoms with E-state index in [1.54, 1.807) is 31.9 Å². The first-order valence-corrected chi connectivity index (χ1v) is 12.6. The molecule has 0 aromatic carbocycles. The molecule has 0 saturated carbocycles. The van der Waals surface area contributed by atoms with Crippen molar-refractivity contribution in [3.63, 3.8) is 0 Å². The van der Waals surface area contributed by atoms with Gasteiger partial charge in [-0.1, -0.05) is 46.6 Å². The molecule has 1 heterocycles. The number of amides is 2. The van der Waals surface area contributed by atoms with Crippen LogP contribution < -0.4 is 5.32 Å². The molecule has 1 rings (SSSR count). The van der Waals surface area contributed by atoms with Crippen LogP contribution in [-0.4, -0.2) is 72.0 Å². The molecule has 4 atom stereocenters. The van der Waals surface area contributed by atoms with Crippen molar-refractivity contribution >= 4 is 17.8 Å². The first kappa shape index (κ1) is 29.1. The lowest BCUT2D eigenvalue weighted by Crippen LogP contribution is -2.59. The van der Waals surface area contributed by atoms with Gasteiger partial charge in [-0.05, 0) is 58.9 Å². The Morgan fingerprint density at radius 2 is 1.76 bits per heavy atom. The molecule has 1 aliphatic heterocycles. The van der Waals surface area contributed by atoms with Gasteiger partial charge in [0, 0.05) is 18.7 Å². The molecular weight excluding hydrogens is 418 g/mol. The summed E-state index contributed by atoms with van der Waals surface area (Å²) in [6, 6.07) is -0.814. The summed E-state index contributed by atoms with van der Waals surface area (Å²) in [6.07, 6.45) is 5.51. The molecular formula is C26H47N3O4. The number of carbonyl (C=O) groups excluding carboxylic acids is 3. The van der Waals surface area contributed by atoms with Crippen LogP contribution in [0.15, 0.2) is 11.6 Å². The lowest BCUT2D eigenvalue weighted by Gasteiger charge is -2.39. The molecule has 190 valence electrons. The summed E-state index contributed by atoms with van der Waals surface area (Å²) in [5.41, 5.74) is 0.481. The summed E-state index contributed by atoms with van der Waals surface area (Å²) in [4.78, 5) is 43.0. The second-order valence-electron chi connectivity index (χ2n) is 9.97. The second kappa shape index (κ2) is 13.7. The van der Waals surface area contributed by atoms with Crippen LogP contribution in [0.25, 0.3) is 0 Å². The van der Waals surface area contributed by atoms with E-state index in [2.05, 4.69) is 24.1 Å². The van der Waals surface area contributed by atoms with Gasteiger partial charge in [0.2, 0.25) is 11.8 Å². The Hall–Kier alpha value is -1.89. The monoisotopic (exact) mass is 465 g/mol. The topological polar surface area (TPSA) is 79.0 Å². The SMILES string of the molecule is CCOC(=O)C(C)=CC(C(C)C)N(C)C(=O)[C@H](NC(=O)[C@H]1CCCCN1C(C)C)[C@H](C)CC. The highest BCUT2D eigenvalue weighted by atomic mass is 16.5. The van der Waals surface area contributed by atoms with Crippen molar-refractivity contribution in [3.05, 3.63) is 11.6 Å². The molecule has 1 fully saturated rings. The average Bonchev–Trinajstić information content (AvgIpc) is 2.78. The minimum Gasteiger partial charge on any atom is -0.463 e. The predicted molar refractivity (Wildman–Crippen MR) is 133 cm³/mol. The van der Waals surface area contributed by atoms with Crippen molar-refractivity contribution in [3.8, 4) is 0 Å². The summed E-state index contributed by atoms with van der Waals surface area (Å²) < 4.78 is 5.10. The van der Waals surface area contributed by atoms with Gasteiger partial charge in [-0.3, -0.25) is 14.5 Å². The van der Waals surface area contributed by atoms with Gasteiger partial charge in [0.05, 0.1) is 18.7 Å². The fourth-order valence-electron chi connectivity index (χ4n) is 4.47. The molecule has 1 saturated heterocycles. The minimum atomic E-state index is -0.610. The number of ether oxygens (including phenoxy) is 1. The maximum absolute atomic E-state index is 13.7. The molecule has 7 nitrogen and oxygen atoms in total. The summed E-state index contributed by atoms with van der Waals surface area (Å²) in [7, 11) is 1.75. The number of likely N-dealkylation sites (N-methyl/N-ethyl adjacent to an activating group) is 1. The Morgan fingerprint density at radius 3 is 2.27 bits per heavy atom. The number of piperidine rings is 1. The number of hydrogen-bond acceptors (Lipinski definition) is 5. The zero-order valence-electron chi connectivity index (χ0n) is 22.3. The standard InChI is InChI=1S/C26H47N3O4/c1-10-19(7)23(27-24(30)21-14-12-13-15-29(21)18(5)6)25(31)28(9)22(17(3)4)16-20(8)26(32)33-11-2/h16-19,21-23H,10-15H2,1-9H3,(H,27,30)/t19-,21-,22?,23-/m1/s1. The molecule has 0 radical (unpaired) electrons. The van der Waals surface area contributed by atoms with E-state index in [4.69, 9.17) is 4.74 Å². The Bertz CT molecular complexity index is 689. The van der Waals surface area contributed by atoms with Crippen LogP contribution in [0.3, 0.4) is 0 Å². The molecule has 0 spiro atoms. The minimum absolute atomic E-state index is 0.0112. The van der Waals surface area contributed by atoms with Gasteiger partial charge < -0.3 is 15.0 Å². The van der Waals surface area contributed by atoms with Crippen molar-refractivity contribution in [1.29, 1.82) is 0 Å². The van der Waals surface area contributed by atoms with E-state index >= 15 is 0 Å². The third-order valence-electron chi connectivity index (χ3n) is 6.78. The number of hydrogen-bond donors (Lipinski definition) is 1. The molecule has 0 aromatic rings. The normalized spacial score (nSPS) is 20.3. The van der Waals surface area contributed by atoms with E-state index in [1.807, 2.05) is 27.7 Å². The van der Waals surface area contributed by atoms with Crippen molar-refractivity contribution in [1.82, 2.24) is 15.1 Å². The van der Waals surface area contributed by atoms with Crippen molar-refractivity contribution < 1.29 is 19.1 Å². The maximum Gasteiger partial charge on any atom is 0.333 e. The van der Waals surface area contributed by atoms with Crippen LogP contribution in [0.2, 0.25) is 0 Å². The summed E-state index contributed by atoms with van der Waals surface area (Å²) in [6.45, 7) is 17.0. The first-order valence-electron chi connectivity index (χ1n) is 12.6. The van der Waals surface area contributed by atoms with Crippen LogP contribution >= 0.6 is 0 Å². The van der Waals surface area contributed by atoms with Gasteiger partial charge in [-0.25, -0.2) is 4.79 Å². The van der Waals surface area contributed by atoms with Crippen molar-refractivity contribution in [2.75, 3.05) is 20.2 Å². The number of likely N-dealkylation sites (tertiary alicyclic amines) is 1. The van der Waals surface area contributed by atoms with Crippen LogP contribution in [0.5, 0.6) is 0 Å². The second-order valence-corrected chi connectivity index (χ2v) is 9.97. The molecule has 1 N–H and O–H groups in total. The van der Waals surface area contributed by atoms with Crippen LogP contribution in [0.4, 0.5) is 0 Å². The zero-order chi connectivity index (χ0) is 25.3. The van der Waals surface area contributed by atoms with Gasteiger partial charge in [-0.2, -0.15) is 0 Å². The van der Waals surface area contributed by atoms with E-state index in [-0.39, 0.29) is 47.7 Å². The molecule has 2 amide bonds. The van der Waals surface area contributed by atoms with E-state index in [1.165, 1.54) is 0 Å². The number of nitrogens with one attached hydrogen (secondary N) is 1. The number of nitrogens with zero attached hydrogens (tertiary/aromatic N) is 2. The van der Waals surface area contributed by atoms with Gasteiger partial charge in [0.15, 0.2) is 0 Å². The van der Waals surface area contributed by atoms with Gasteiger partial charge >= 0.3 is 5.97 Å². The van der Waals surface area contributed by atoms with Gasteiger partial charge in [0.1, 0.15) is 6.04 Å². The molecule has 7 heteroatoms. The third-order valence-corrected chi connectivity index (χ3v) is 6.78. The summed E-state index contributed by atoms with van der Waals surface area (Å²) >= 11 is 0. The largest absolute Gasteiger partial charge is 0.463 e. The Morgan fingerprint density at radius 1 is 1.12 bits per heavy atom. The molecule has 0 aromatic heterocycles. The van der Waals surface area contributed by atoms with E-state index in [0.29, 0.717) is 12.2 Å². The number of rotatable bonds is 11. The Kier molecular flexibility index (Phi) is 12.1. The maximum atomic E-state index is 13.7. The highest BCUT2D eigenvalue weighted by Crippen LogP contribution is 2.22. The smallest absolute Gasteiger partial charge is 0.333 e. The lowest BCUT2D eigenvalue weighted by atomic mass is 9.93. The zero-order valence-corrected chi connectivity index (χ0v) is 22.3. The van der Waals surface area contributed by atoms with E-state index in [0.717, 1.165) is 32.2 Å². The number of carbonyl (C=O) groups is 3. The molecule has 33 heavy (non-hydrogen) atoms. The molecule has 0 aliphatic carbocycles. The fourth-order valence-corrected chi connectivity index (χ4v) is 4.47. The van der Waals surface area contributed by atoms with Crippen LogP contribution in [-0.2, 0) is 19.1 Å². The van der Waals surface area contributed by atoms with E-state index < -0.39 is 6.04 Å². The highest BCUT2D eigenvalue weighted by molar-refractivity contribution is 5.91. The molecule has 1 aliphatic rings. The van der Waals surface area contributed by atoms with Crippen molar-refractivity contribution in [2.45, 2.75) is 105 Å².